The lowest BCUT2D eigenvalue weighted by molar-refractivity contribution is 0.385. The van der Waals surface area contributed by atoms with Crippen molar-refractivity contribution in [1.82, 2.24) is 10.3 Å². The first-order chi connectivity index (χ1) is 8.25. The monoisotopic (exact) mass is 270 g/mol. The molecule has 0 unspecified atom stereocenters. The predicted molar refractivity (Wildman–Crippen MR) is 68.9 cm³/mol. The zero-order valence-corrected chi connectivity index (χ0v) is 10.7. The van der Waals surface area contributed by atoms with E-state index >= 15 is 0 Å². The van der Waals surface area contributed by atoms with Crippen LogP contribution in [0.5, 0.6) is 0 Å². The van der Waals surface area contributed by atoms with Crippen molar-refractivity contribution < 1.29 is 4.42 Å². The summed E-state index contributed by atoms with van der Waals surface area (Å²) in [5, 5.41) is 4.28. The molecule has 1 N–H and O–H groups in total. The van der Waals surface area contributed by atoms with Gasteiger partial charge in [0.05, 0.1) is 5.02 Å². The van der Waals surface area contributed by atoms with Gasteiger partial charge >= 0.3 is 0 Å². The van der Waals surface area contributed by atoms with Crippen LogP contribution in [0.15, 0.2) is 16.5 Å². The van der Waals surface area contributed by atoms with Gasteiger partial charge in [-0.3, -0.25) is 0 Å². The molecule has 1 aromatic carbocycles. The van der Waals surface area contributed by atoms with Crippen molar-refractivity contribution in [3.63, 3.8) is 0 Å². The highest BCUT2D eigenvalue weighted by Gasteiger charge is 2.21. The van der Waals surface area contributed by atoms with Gasteiger partial charge in [0, 0.05) is 5.92 Å². The third-order valence-corrected chi connectivity index (χ3v) is 3.94. The molecule has 0 saturated carbocycles. The van der Waals surface area contributed by atoms with Crippen LogP contribution in [0, 0.1) is 0 Å². The third kappa shape index (κ3) is 2.03. The Bertz CT molecular complexity index is 547. The quantitative estimate of drug-likeness (QED) is 0.861. The van der Waals surface area contributed by atoms with Crippen molar-refractivity contribution in [2.45, 2.75) is 18.8 Å². The number of piperidine rings is 1. The van der Waals surface area contributed by atoms with E-state index in [1.54, 1.807) is 6.07 Å². The highest BCUT2D eigenvalue weighted by Crippen LogP contribution is 2.34. The van der Waals surface area contributed by atoms with Crippen molar-refractivity contribution in [2.24, 2.45) is 0 Å². The number of nitrogens with zero attached hydrogens (tertiary/aromatic N) is 1. The molecule has 5 heteroatoms. The van der Waals surface area contributed by atoms with E-state index in [4.69, 9.17) is 27.6 Å². The Labute approximate surface area is 109 Å². The van der Waals surface area contributed by atoms with Crippen LogP contribution < -0.4 is 5.32 Å². The van der Waals surface area contributed by atoms with Crippen LogP contribution in [-0.2, 0) is 0 Å². The highest BCUT2D eigenvalue weighted by atomic mass is 35.5. The van der Waals surface area contributed by atoms with Crippen molar-refractivity contribution in [1.29, 1.82) is 0 Å². The number of aromatic nitrogens is 1. The fourth-order valence-corrected chi connectivity index (χ4v) is 2.54. The lowest BCUT2D eigenvalue weighted by Gasteiger charge is -2.19. The van der Waals surface area contributed by atoms with Gasteiger partial charge in [0.2, 0.25) is 0 Å². The molecule has 0 amide bonds. The second-order valence-corrected chi connectivity index (χ2v) is 5.07. The molecular weight excluding hydrogens is 259 g/mol. The summed E-state index contributed by atoms with van der Waals surface area (Å²) in [7, 11) is 0. The van der Waals surface area contributed by atoms with Crippen LogP contribution in [0.25, 0.3) is 11.1 Å². The molecule has 1 aromatic heterocycles. The number of halogens is 2. The SMILES string of the molecule is Clc1ccc2nc(C3CCNCC3)oc2c1Cl. The fourth-order valence-electron chi connectivity index (χ4n) is 2.20. The minimum absolute atomic E-state index is 0.387. The van der Waals surface area contributed by atoms with Crippen molar-refractivity contribution in [2.75, 3.05) is 13.1 Å². The van der Waals surface area contributed by atoms with Crippen LogP contribution in [-0.4, -0.2) is 18.1 Å². The zero-order valence-electron chi connectivity index (χ0n) is 9.17. The largest absolute Gasteiger partial charge is 0.439 e. The zero-order chi connectivity index (χ0) is 11.8. The summed E-state index contributed by atoms with van der Waals surface area (Å²) in [5.74, 6) is 1.17. The Morgan fingerprint density at radius 3 is 2.76 bits per heavy atom. The van der Waals surface area contributed by atoms with Crippen molar-refractivity contribution in [3.05, 3.63) is 28.1 Å². The van der Waals surface area contributed by atoms with Gasteiger partial charge in [0.1, 0.15) is 10.5 Å². The molecule has 1 aliphatic heterocycles. The number of hydrogen-bond acceptors (Lipinski definition) is 3. The first kappa shape index (κ1) is 11.3. The molecule has 2 heterocycles. The summed E-state index contributed by atoms with van der Waals surface area (Å²) in [6.07, 6.45) is 2.11. The Hall–Kier alpha value is -0.770. The standard InChI is InChI=1S/C12H12Cl2N2O/c13-8-1-2-9-11(10(8)14)17-12(16-9)7-3-5-15-6-4-7/h1-2,7,15H,3-6H2. The number of hydrogen-bond donors (Lipinski definition) is 1. The Balaban J connectivity index is 2.04. The van der Waals surface area contributed by atoms with E-state index in [1.165, 1.54) is 0 Å². The average Bonchev–Trinajstić information content (AvgIpc) is 2.80. The molecule has 3 nitrogen and oxygen atoms in total. The Kier molecular flexibility index (Phi) is 2.99. The molecule has 90 valence electrons. The molecule has 0 radical (unpaired) electrons. The maximum Gasteiger partial charge on any atom is 0.198 e. The molecule has 2 aromatic rings. The second-order valence-electron chi connectivity index (χ2n) is 4.29. The fraction of sp³-hybridized carbons (Fsp3) is 0.417. The maximum absolute atomic E-state index is 6.10. The Morgan fingerprint density at radius 1 is 1.24 bits per heavy atom. The van der Waals surface area contributed by atoms with E-state index in [9.17, 15) is 0 Å². The van der Waals surface area contributed by atoms with E-state index in [0.717, 1.165) is 37.3 Å². The predicted octanol–water partition coefficient (Wildman–Crippen LogP) is 3.60. The van der Waals surface area contributed by atoms with Gasteiger partial charge < -0.3 is 9.73 Å². The Morgan fingerprint density at radius 2 is 2.00 bits per heavy atom. The molecule has 17 heavy (non-hydrogen) atoms. The van der Waals surface area contributed by atoms with E-state index in [0.29, 0.717) is 21.5 Å². The van der Waals surface area contributed by atoms with Gasteiger partial charge in [-0.25, -0.2) is 4.98 Å². The molecule has 0 bridgehead atoms. The molecule has 0 spiro atoms. The highest BCUT2D eigenvalue weighted by molar-refractivity contribution is 6.44. The van der Waals surface area contributed by atoms with E-state index in [2.05, 4.69) is 10.3 Å². The lowest BCUT2D eigenvalue weighted by atomic mass is 9.98. The molecule has 3 rings (SSSR count). The smallest absolute Gasteiger partial charge is 0.198 e. The normalized spacial score (nSPS) is 17.8. The van der Waals surface area contributed by atoms with Crippen LogP contribution >= 0.6 is 23.2 Å². The van der Waals surface area contributed by atoms with Gasteiger partial charge in [0.25, 0.3) is 0 Å². The van der Waals surface area contributed by atoms with Crippen molar-refractivity contribution >= 4 is 34.3 Å². The number of nitrogens with one attached hydrogen (secondary N) is 1. The summed E-state index contributed by atoms with van der Waals surface area (Å²) < 4.78 is 5.76. The second kappa shape index (κ2) is 4.48. The summed E-state index contributed by atoms with van der Waals surface area (Å²) in [6.45, 7) is 2.02. The van der Waals surface area contributed by atoms with Crippen LogP contribution in [0.2, 0.25) is 10.0 Å². The third-order valence-electron chi connectivity index (χ3n) is 3.15. The van der Waals surface area contributed by atoms with Gasteiger partial charge in [-0.05, 0) is 38.1 Å². The van der Waals surface area contributed by atoms with Crippen LogP contribution in [0.3, 0.4) is 0 Å². The van der Waals surface area contributed by atoms with E-state index in [1.807, 2.05) is 6.07 Å². The number of rotatable bonds is 1. The summed E-state index contributed by atoms with van der Waals surface area (Å²) in [4.78, 5) is 4.50. The van der Waals surface area contributed by atoms with E-state index in [-0.39, 0.29) is 0 Å². The maximum atomic E-state index is 6.10. The molecule has 1 aliphatic rings. The number of fused-ring (bicyclic) bond motifs is 1. The van der Waals surface area contributed by atoms with Gasteiger partial charge in [-0.1, -0.05) is 23.2 Å². The summed E-state index contributed by atoms with van der Waals surface area (Å²) in [5.41, 5.74) is 1.39. The minimum atomic E-state index is 0.387. The molecule has 0 aliphatic carbocycles. The molecular formula is C12H12Cl2N2O. The average molecular weight is 271 g/mol. The summed E-state index contributed by atoms with van der Waals surface area (Å²) >= 11 is 12.1. The van der Waals surface area contributed by atoms with Gasteiger partial charge in [0.15, 0.2) is 11.5 Å². The van der Waals surface area contributed by atoms with E-state index < -0.39 is 0 Å². The first-order valence-electron chi connectivity index (χ1n) is 5.71. The van der Waals surface area contributed by atoms with Crippen molar-refractivity contribution in [3.8, 4) is 0 Å². The first-order valence-corrected chi connectivity index (χ1v) is 6.46. The summed E-state index contributed by atoms with van der Waals surface area (Å²) in [6, 6.07) is 3.60. The van der Waals surface area contributed by atoms with Gasteiger partial charge in [-0.2, -0.15) is 0 Å². The molecule has 1 saturated heterocycles. The van der Waals surface area contributed by atoms with Gasteiger partial charge in [-0.15, -0.1) is 0 Å². The number of benzene rings is 1. The topological polar surface area (TPSA) is 38.1 Å². The molecule has 0 atom stereocenters. The van der Waals surface area contributed by atoms with Crippen LogP contribution in [0.1, 0.15) is 24.7 Å². The molecule has 1 fully saturated rings. The van der Waals surface area contributed by atoms with Crippen LogP contribution in [0.4, 0.5) is 0 Å². The minimum Gasteiger partial charge on any atom is -0.439 e. The number of oxazole rings is 1. The lowest BCUT2D eigenvalue weighted by Crippen LogP contribution is -2.26.